The van der Waals surface area contributed by atoms with E-state index in [1.807, 2.05) is 32.0 Å². The average Bonchev–Trinajstić information content (AvgIpc) is 2.89. The van der Waals surface area contributed by atoms with Gasteiger partial charge in [-0.1, -0.05) is 17.8 Å². The molecule has 118 valence electrons. The van der Waals surface area contributed by atoms with Crippen molar-refractivity contribution in [3.8, 4) is 0 Å². The van der Waals surface area contributed by atoms with Crippen LogP contribution in [-0.4, -0.2) is 21.6 Å². The first-order valence-corrected chi connectivity index (χ1v) is 9.04. The molecule has 2 heterocycles. The molecule has 0 radical (unpaired) electrons. The Hall–Kier alpha value is -1.92. The predicted molar refractivity (Wildman–Crippen MR) is 97.4 cm³/mol. The van der Waals surface area contributed by atoms with Gasteiger partial charge in [0.1, 0.15) is 16.2 Å². The lowest BCUT2D eigenvalue weighted by molar-refractivity contribution is -0.113. The fourth-order valence-corrected chi connectivity index (χ4v) is 3.90. The second-order valence-corrected chi connectivity index (χ2v) is 7.59. The molecule has 23 heavy (non-hydrogen) atoms. The summed E-state index contributed by atoms with van der Waals surface area (Å²) < 4.78 is 0. The maximum atomic E-state index is 12.2. The van der Waals surface area contributed by atoms with Crippen LogP contribution in [0.2, 0.25) is 0 Å². The van der Waals surface area contributed by atoms with Crippen molar-refractivity contribution >= 4 is 44.9 Å². The monoisotopic (exact) mass is 343 g/mol. The van der Waals surface area contributed by atoms with Crippen LogP contribution in [0.1, 0.15) is 16.0 Å². The molecule has 1 amide bonds. The Kier molecular flexibility index (Phi) is 4.63. The predicted octanol–water partition coefficient (Wildman–Crippen LogP) is 4.35. The van der Waals surface area contributed by atoms with Crippen molar-refractivity contribution in [2.24, 2.45) is 0 Å². The highest BCUT2D eigenvalue weighted by molar-refractivity contribution is 8.00. The van der Waals surface area contributed by atoms with Crippen LogP contribution in [0.3, 0.4) is 0 Å². The van der Waals surface area contributed by atoms with Gasteiger partial charge in [0.2, 0.25) is 5.91 Å². The Balaban J connectivity index is 1.67. The number of nitrogens with zero attached hydrogens (tertiary/aromatic N) is 2. The molecule has 0 fully saturated rings. The van der Waals surface area contributed by atoms with Gasteiger partial charge in [-0.15, -0.1) is 11.3 Å². The first kappa shape index (κ1) is 16.0. The molecule has 1 aromatic carbocycles. The van der Waals surface area contributed by atoms with Crippen LogP contribution in [0.25, 0.3) is 10.2 Å². The first-order valence-electron chi connectivity index (χ1n) is 7.24. The van der Waals surface area contributed by atoms with Gasteiger partial charge >= 0.3 is 0 Å². The Morgan fingerprint density at radius 2 is 2.00 bits per heavy atom. The van der Waals surface area contributed by atoms with Gasteiger partial charge in [0.05, 0.1) is 5.75 Å². The molecule has 1 N–H and O–H groups in total. The highest BCUT2D eigenvalue weighted by atomic mass is 32.2. The van der Waals surface area contributed by atoms with E-state index in [4.69, 9.17) is 0 Å². The van der Waals surface area contributed by atoms with Gasteiger partial charge in [0.25, 0.3) is 0 Å². The molecule has 0 aliphatic carbocycles. The molecule has 0 saturated heterocycles. The van der Waals surface area contributed by atoms with Gasteiger partial charge in [-0.2, -0.15) is 0 Å². The van der Waals surface area contributed by atoms with Gasteiger partial charge in [-0.05, 0) is 50.1 Å². The maximum Gasteiger partial charge on any atom is 0.234 e. The van der Waals surface area contributed by atoms with Crippen LogP contribution in [0.5, 0.6) is 0 Å². The van der Waals surface area contributed by atoms with E-state index in [0.717, 1.165) is 20.9 Å². The van der Waals surface area contributed by atoms with E-state index in [9.17, 15) is 4.79 Å². The Morgan fingerprint density at radius 3 is 2.78 bits per heavy atom. The van der Waals surface area contributed by atoms with Crippen molar-refractivity contribution < 1.29 is 4.79 Å². The summed E-state index contributed by atoms with van der Waals surface area (Å²) in [6.07, 6.45) is 1.56. The minimum absolute atomic E-state index is 0.0306. The summed E-state index contributed by atoms with van der Waals surface area (Å²) in [6.45, 7) is 6.14. The fourth-order valence-electron chi connectivity index (χ4n) is 2.22. The van der Waals surface area contributed by atoms with Crippen molar-refractivity contribution in [3.63, 3.8) is 0 Å². The molecule has 0 spiro atoms. The van der Waals surface area contributed by atoms with Crippen molar-refractivity contribution in [3.05, 3.63) is 46.6 Å². The van der Waals surface area contributed by atoms with E-state index in [0.29, 0.717) is 5.75 Å². The number of anilines is 1. The summed E-state index contributed by atoms with van der Waals surface area (Å²) in [6, 6.07) is 8.00. The summed E-state index contributed by atoms with van der Waals surface area (Å²) in [5.74, 6) is 0.297. The van der Waals surface area contributed by atoms with Crippen molar-refractivity contribution in [1.29, 1.82) is 0 Å². The lowest BCUT2D eigenvalue weighted by atomic mass is 10.1. The molecule has 6 heteroatoms. The second kappa shape index (κ2) is 6.68. The third-order valence-electron chi connectivity index (χ3n) is 3.55. The van der Waals surface area contributed by atoms with Crippen LogP contribution < -0.4 is 5.32 Å². The van der Waals surface area contributed by atoms with Gasteiger partial charge in [-0.25, -0.2) is 9.97 Å². The highest BCUT2D eigenvalue weighted by Crippen LogP contribution is 2.30. The molecule has 2 aromatic heterocycles. The molecule has 0 bridgehead atoms. The number of benzene rings is 1. The first-order chi connectivity index (χ1) is 11.0. The summed E-state index contributed by atoms with van der Waals surface area (Å²) in [4.78, 5) is 22.9. The van der Waals surface area contributed by atoms with Crippen LogP contribution in [-0.2, 0) is 4.79 Å². The SMILES string of the molecule is Cc1cc2c(SCC(=O)Nc3ccc(C)c(C)c3)ncnc2s1. The molecule has 0 aliphatic heterocycles. The van der Waals surface area contributed by atoms with Crippen LogP contribution in [0.4, 0.5) is 5.69 Å². The van der Waals surface area contributed by atoms with Crippen LogP contribution in [0, 0.1) is 20.8 Å². The lowest BCUT2D eigenvalue weighted by Gasteiger charge is -2.07. The number of aromatic nitrogens is 2. The van der Waals surface area contributed by atoms with Crippen LogP contribution >= 0.6 is 23.1 Å². The molecular formula is C17H17N3OS2. The smallest absolute Gasteiger partial charge is 0.234 e. The van der Waals surface area contributed by atoms with E-state index >= 15 is 0 Å². The zero-order chi connectivity index (χ0) is 16.4. The van der Waals surface area contributed by atoms with E-state index in [-0.39, 0.29) is 5.91 Å². The van der Waals surface area contributed by atoms with E-state index < -0.39 is 0 Å². The highest BCUT2D eigenvalue weighted by Gasteiger charge is 2.10. The molecule has 4 nitrogen and oxygen atoms in total. The average molecular weight is 343 g/mol. The fraction of sp³-hybridized carbons (Fsp3) is 0.235. The molecular weight excluding hydrogens is 326 g/mol. The Labute approximate surface area is 143 Å². The largest absolute Gasteiger partial charge is 0.325 e. The molecule has 0 aliphatic rings. The summed E-state index contributed by atoms with van der Waals surface area (Å²) >= 11 is 3.08. The van der Waals surface area contributed by atoms with Gasteiger partial charge < -0.3 is 5.32 Å². The van der Waals surface area contributed by atoms with Gasteiger partial charge in [0.15, 0.2) is 0 Å². The maximum absolute atomic E-state index is 12.2. The number of hydrogen-bond acceptors (Lipinski definition) is 5. The normalized spacial score (nSPS) is 10.9. The standard InChI is InChI=1S/C17H17N3OS2/c1-10-4-5-13(6-11(10)2)20-15(21)8-22-16-14-7-12(3)23-17(14)19-9-18-16/h4-7,9H,8H2,1-3H3,(H,20,21). The van der Waals surface area contributed by atoms with Gasteiger partial charge in [-0.3, -0.25) is 4.79 Å². The number of rotatable bonds is 4. The zero-order valence-corrected chi connectivity index (χ0v) is 14.8. The third kappa shape index (κ3) is 3.71. The summed E-state index contributed by atoms with van der Waals surface area (Å²) in [7, 11) is 0. The zero-order valence-electron chi connectivity index (χ0n) is 13.2. The quantitative estimate of drug-likeness (QED) is 0.565. The number of thiophene rings is 1. The summed E-state index contributed by atoms with van der Waals surface area (Å²) in [5, 5.41) is 4.82. The van der Waals surface area contributed by atoms with Crippen molar-refractivity contribution in [2.75, 3.05) is 11.1 Å². The van der Waals surface area contributed by atoms with Crippen molar-refractivity contribution in [1.82, 2.24) is 9.97 Å². The molecule has 3 rings (SSSR count). The molecule has 0 saturated carbocycles. The van der Waals surface area contributed by atoms with E-state index in [2.05, 4.69) is 28.3 Å². The minimum atomic E-state index is -0.0306. The van der Waals surface area contributed by atoms with Crippen LogP contribution in [0.15, 0.2) is 35.6 Å². The number of nitrogens with one attached hydrogen (secondary N) is 1. The van der Waals surface area contributed by atoms with Crippen molar-refractivity contribution in [2.45, 2.75) is 25.8 Å². The number of aryl methyl sites for hydroxylation is 3. The Bertz CT molecular complexity index is 873. The number of amides is 1. The summed E-state index contributed by atoms with van der Waals surface area (Å²) in [5.41, 5.74) is 3.22. The number of carbonyl (C=O) groups is 1. The minimum Gasteiger partial charge on any atom is -0.325 e. The third-order valence-corrected chi connectivity index (χ3v) is 5.51. The van der Waals surface area contributed by atoms with E-state index in [1.165, 1.54) is 27.8 Å². The lowest BCUT2D eigenvalue weighted by Crippen LogP contribution is -2.14. The topological polar surface area (TPSA) is 54.9 Å². The number of hydrogen-bond donors (Lipinski definition) is 1. The van der Waals surface area contributed by atoms with E-state index in [1.54, 1.807) is 17.7 Å². The van der Waals surface area contributed by atoms with Gasteiger partial charge in [0, 0.05) is 16.0 Å². The molecule has 0 unspecified atom stereocenters. The second-order valence-electron chi connectivity index (χ2n) is 5.39. The molecule has 3 aromatic rings. The number of carbonyl (C=O) groups excluding carboxylic acids is 1. The Morgan fingerprint density at radius 1 is 1.17 bits per heavy atom. The number of fused-ring (bicyclic) bond motifs is 1. The molecule has 0 atom stereocenters. The number of thioether (sulfide) groups is 1.